The van der Waals surface area contributed by atoms with Gasteiger partial charge in [-0.3, -0.25) is 4.79 Å². The summed E-state index contributed by atoms with van der Waals surface area (Å²) in [5, 5.41) is 3.65. The number of rotatable bonds is 4. The Morgan fingerprint density at radius 3 is 2.34 bits per heavy atom. The van der Waals surface area contributed by atoms with Gasteiger partial charge in [0.05, 0.1) is 11.3 Å². The van der Waals surface area contributed by atoms with Crippen molar-refractivity contribution in [3.05, 3.63) is 59.8 Å². The Kier molecular flexibility index (Phi) is 6.58. The third-order valence-electron chi connectivity index (χ3n) is 6.06. The van der Waals surface area contributed by atoms with E-state index in [9.17, 15) is 18.0 Å². The topological polar surface area (TPSA) is 54.1 Å². The number of hydrogen-bond acceptors (Lipinski definition) is 2. The monoisotopic (exact) mass is 446 g/mol. The maximum Gasteiger partial charge on any atom is 0.416 e. The van der Waals surface area contributed by atoms with Gasteiger partial charge in [0.25, 0.3) is 0 Å². The molecule has 0 radical (unpaired) electrons. The number of amides is 1. The van der Waals surface area contributed by atoms with Crippen molar-refractivity contribution in [3.8, 4) is 5.75 Å². The lowest BCUT2D eigenvalue weighted by Crippen LogP contribution is -2.50. The first-order chi connectivity index (χ1) is 15.1. The van der Waals surface area contributed by atoms with Gasteiger partial charge in [0.2, 0.25) is 5.91 Å². The van der Waals surface area contributed by atoms with Crippen LogP contribution < -0.4 is 10.1 Å². The van der Waals surface area contributed by atoms with Gasteiger partial charge in [-0.25, -0.2) is 0 Å². The van der Waals surface area contributed by atoms with Gasteiger partial charge in [-0.15, -0.1) is 0 Å². The van der Waals surface area contributed by atoms with Crippen molar-refractivity contribution in [1.29, 1.82) is 0 Å². The predicted molar refractivity (Wildman–Crippen MR) is 121 cm³/mol. The molecule has 4 rings (SSSR count). The zero-order chi connectivity index (χ0) is 23.7. The number of fused-ring (bicyclic) bond motifs is 1. The molecule has 172 valence electrons. The molecule has 2 atom stereocenters. The number of nitrogens with one attached hydrogen (secondary N) is 2. The van der Waals surface area contributed by atoms with Crippen LogP contribution in [0.2, 0.25) is 0 Å². The summed E-state index contributed by atoms with van der Waals surface area (Å²) in [7, 11) is 0. The summed E-state index contributed by atoms with van der Waals surface area (Å²) in [6.45, 7) is 9.60. The van der Waals surface area contributed by atoms with Crippen LogP contribution in [0, 0.1) is 5.41 Å². The van der Waals surface area contributed by atoms with Crippen LogP contribution in [0.25, 0.3) is 10.9 Å². The number of aromatic amines is 1. The molecule has 3 aromatic rings. The highest BCUT2D eigenvalue weighted by Crippen LogP contribution is 2.54. The Bertz CT molecular complexity index is 1080. The number of benzene rings is 2. The lowest BCUT2D eigenvalue weighted by molar-refractivity contribution is -0.137. The molecule has 2 aromatic carbocycles. The summed E-state index contributed by atoms with van der Waals surface area (Å²) in [6, 6.07) is 11.1. The average Bonchev–Trinajstić information content (AvgIpc) is 3.13. The van der Waals surface area contributed by atoms with Crippen LogP contribution in [-0.4, -0.2) is 17.0 Å². The molecule has 2 N–H and O–H groups in total. The highest BCUT2D eigenvalue weighted by Gasteiger charge is 2.50. The highest BCUT2D eigenvalue weighted by molar-refractivity contribution is 6.01. The van der Waals surface area contributed by atoms with Crippen LogP contribution in [0.5, 0.6) is 5.75 Å². The Labute approximate surface area is 186 Å². The van der Waals surface area contributed by atoms with Gasteiger partial charge in [-0.05, 0) is 48.2 Å². The number of ether oxygens (including phenoxy) is 1. The van der Waals surface area contributed by atoms with Crippen LogP contribution in [-0.2, 0) is 11.0 Å². The lowest BCUT2D eigenvalue weighted by Gasteiger charge is -2.51. The van der Waals surface area contributed by atoms with E-state index in [4.69, 9.17) is 4.74 Å². The Hall–Kier alpha value is -2.96. The van der Waals surface area contributed by atoms with E-state index in [1.165, 1.54) is 6.92 Å². The third kappa shape index (κ3) is 4.61. The van der Waals surface area contributed by atoms with Crippen molar-refractivity contribution >= 4 is 22.5 Å². The van der Waals surface area contributed by atoms with Crippen LogP contribution >= 0.6 is 0 Å². The van der Waals surface area contributed by atoms with E-state index in [-0.39, 0.29) is 23.3 Å². The van der Waals surface area contributed by atoms with Crippen LogP contribution in [0.1, 0.15) is 58.1 Å². The number of alkyl halides is 3. The van der Waals surface area contributed by atoms with Crippen molar-refractivity contribution in [2.75, 3.05) is 5.32 Å². The first-order valence-corrected chi connectivity index (χ1v) is 10.8. The van der Waals surface area contributed by atoms with Crippen molar-refractivity contribution in [3.63, 3.8) is 0 Å². The van der Waals surface area contributed by atoms with Crippen molar-refractivity contribution in [2.24, 2.45) is 5.41 Å². The van der Waals surface area contributed by atoms with Crippen LogP contribution in [0.15, 0.2) is 48.7 Å². The second-order valence-electron chi connectivity index (χ2n) is 8.43. The van der Waals surface area contributed by atoms with Crippen LogP contribution in [0.3, 0.4) is 0 Å². The molecule has 1 aliphatic carbocycles. The lowest BCUT2D eigenvalue weighted by atomic mass is 9.57. The minimum absolute atomic E-state index is 0.0644. The third-order valence-corrected chi connectivity index (χ3v) is 6.06. The van der Waals surface area contributed by atoms with Gasteiger partial charge >= 0.3 is 6.18 Å². The fourth-order valence-electron chi connectivity index (χ4n) is 4.19. The molecule has 0 spiro atoms. The summed E-state index contributed by atoms with van der Waals surface area (Å²) in [4.78, 5) is 14.5. The van der Waals surface area contributed by atoms with Gasteiger partial charge < -0.3 is 15.0 Å². The minimum atomic E-state index is -4.33. The Morgan fingerprint density at radius 1 is 1.12 bits per heavy atom. The maximum absolute atomic E-state index is 12.8. The summed E-state index contributed by atoms with van der Waals surface area (Å²) in [5.74, 6) is 0.662. The standard InChI is InChI=1S/C23H23F3N2O2.C2H6/c1-13(29)28-20-12-27-19-9-8-16(10-17(19)20)30-21-11-18(22(21,2)3)14-4-6-15(7-5-14)23(24,25)26;1-2/h4-10,12,18,21,27H,11H2,1-3H3,(H,28,29);1-2H3/t18-,21-;/m1./s1. The highest BCUT2D eigenvalue weighted by atomic mass is 19.4. The number of aromatic nitrogens is 1. The number of anilines is 1. The van der Waals surface area contributed by atoms with Gasteiger partial charge in [0.1, 0.15) is 11.9 Å². The van der Waals surface area contributed by atoms with E-state index in [1.807, 2.05) is 32.0 Å². The molecule has 1 amide bonds. The number of halogens is 3. The molecule has 0 unspecified atom stereocenters. The largest absolute Gasteiger partial charge is 0.490 e. The first-order valence-electron chi connectivity index (χ1n) is 10.8. The molecule has 7 heteroatoms. The molecule has 1 fully saturated rings. The second kappa shape index (κ2) is 8.88. The molecule has 0 saturated heterocycles. The number of carbonyl (C=O) groups excluding carboxylic acids is 1. The Morgan fingerprint density at radius 2 is 1.78 bits per heavy atom. The molecule has 1 aromatic heterocycles. The summed E-state index contributed by atoms with van der Waals surface area (Å²) in [6.07, 6.45) is -1.93. The quantitative estimate of drug-likeness (QED) is 0.448. The second-order valence-corrected chi connectivity index (χ2v) is 8.43. The molecule has 0 aliphatic heterocycles. The van der Waals surface area contributed by atoms with Crippen molar-refractivity contribution < 1.29 is 22.7 Å². The molecule has 32 heavy (non-hydrogen) atoms. The SMILES string of the molecule is CC.CC(=O)Nc1c[nH]c2ccc(O[C@@H]3C[C@H](c4ccc(C(F)(F)F)cc4)C3(C)C)cc12. The first kappa shape index (κ1) is 23.7. The van der Waals surface area contributed by atoms with E-state index in [0.717, 1.165) is 35.0 Å². The van der Waals surface area contributed by atoms with Crippen molar-refractivity contribution in [2.45, 2.75) is 59.2 Å². The van der Waals surface area contributed by atoms with Crippen LogP contribution in [0.4, 0.5) is 18.9 Å². The zero-order valence-electron chi connectivity index (χ0n) is 18.9. The molecular weight excluding hydrogens is 417 g/mol. The van der Waals surface area contributed by atoms with Gasteiger partial charge in [0, 0.05) is 29.4 Å². The molecule has 0 bridgehead atoms. The smallest absolute Gasteiger partial charge is 0.416 e. The number of carbonyl (C=O) groups is 1. The molecule has 4 nitrogen and oxygen atoms in total. The molecule has 1 heterocycles. The molecule has 1 saturated carbocycles. The number of H-pyrrole nitrogens is 1. The summed E-state index contributed by atoms with van der Waals surface area (Å²) in [5.41, 5.74) is 1.61. The maximum atomic E-state index is 12.8. The zero-order valence-corrected chi connectivity index (χ0v) is 18.9. The summed E-state index contributed by atoms with van der Waals surface area (Å²) >= 11 is 0. The predicted octanol–water partition coefficient (Wildman–Crippen LogP) is 7.13. The van der Waals surface area contributed by atoms with E-state index in [2.05, 4.69) is 24.1 Å². The van der Waals surface area contributed by atoms with Gasteiger partial charge in [-0.1, -0.05) is 39.8 Å². The van der Waals surface area contributed by atoms with Gasteiger partial charge in [-0.2, -0.15) is 13.2 Å². The fourth-order valence-corrected chi connectivity index (χ4v) is 4.19. The van der Waals surface area contributed by atoms with E-state index in [1.54, 1.807) is 18.3 Å². The number of hydrogen-bond donors (Lipinski definition) is 2. The molecule has 1 aliphatic rings. The average molecular weight is 447 g/mol. The normalized spacial score (nSPS) is 19.5. The van der Waals surface area contributed by atoms with Crippen molar-refractivity contribution in [1.82, 2.24) is 4.98 Å². The fraction of sp³-hybridized carbons (Fsp3) is 0.400. The molecular formula is C25H29F3N2O2. The van der Waals surface area contributed by atoms with E-state index < -0.39 is 11.7 Å². The van der Waals surface area contributed by atoms with Gasteiger partial charge in [0.15, 0.2) is 0 Å². The van der Waals surface area contributed by atoms with E-state index in [0.29, 0.717) is 11.4 Å². The Balaban J connectivity index is 0.00000141. The minimum Gasteiger partial charge on any atom is -0.490 e. The van der Waals surface area contributed by atoms with E-state index >= 15 is 0 Å². The summed E-state index contributed by atoms with van der Waals surface area (Å²) < 4.78 is 44.7.